The Bertz CT molecular complexity index is 628. The van der Waals surface area contributed by atoms with Crippen molar-refractivity contribution in [1.29, 1.82) is 0 Å². The number of hydrogen-bond acceptors (Lipinski definition) is 4. The van der Waals surface area contributed by atoms with E-state index >= 15 is 0 Å². The van der Waals surface area contributed by atoms with Gasteiger partial charge in [0.1, 0.15) is 0 Å². The fourth-order valence-corrected chi connectivity index (χ4v) is 3.48. The van der Waals surface area contributed by atoms with Crippen LogP contribution in [0.25, 0.3) is 0 Å². The van der Waals surface area contributed by atoms with E-state index in [0.29, 0.717) is 25.1 Å². The lowest BCUT2D eigenvalue weighted by atomic mass is 10.1. The summed E-state index contributed by atoms with van der Waals surface area (Å²) in [6.45, 7) is 2.21. The summed E-state index contributed by atoms with van der Waals surface area (Å²) >= 11 is 0. The van der Waals surface area contributed by atoms with Crippen molar-refractivity contribution in [2.24, 2.45) is 0 Å². The van der Waals surface area contributed by atoms with Gasteiger partial charge in [0, 0.05) is 31.7 Å². The molecule has 1 aromatic carbocycles. The molecule has 1 aromatic rings. The molecule has 0 saturated carbocycles. The van der Waals surface area contributed by atoms with Crippen LogP contribution in [0.5, 0.6) is 0 Å². The van der Waals surface area contributed by atoms with Crippen LogP contribution >= 0.6 is 0 Å². The topological polar surface area (TPSA) is 92.5 Å². The lowest BCUT2D eigenvalue weighted by molar-refractivity contribution is -0.132. The number of likely N-dealkylation sites (N-methyl/N-ethyl adjacent to an activating group) is 1. The fourth-order valence-electron chi connectivity index (χ4n) is 2.18. The maximum absolute atomic E-state index is 12.3. The van der Waals surface area contributed by atoms with Gasteiger partial charge >= 0.3 is 0 Å². The summed E-state index contributed by atoms with van der Waals surface area (Å²) in [5.41, 5.74) is 7.03. The summed E-state index contributed by atoms with van der Waals surface area (Å²) in [7, 11) is -1.93. The maximum atomic E-state index is 12.3. The number of amides is 1. The Balaban J connectivity index is 2.15. The van der Waals surface area contributed by atoms with Crippen molar-refractivity contribution in [2.75, 3.05) is 19.3 Å². The summed E-state index contributed by atoms with van der Waals surface area (Å²) < 4.78 is 27.2. The number of sulfonamides is 1. The fraction of sp³-hybridized carbons (Fsp3) is 0.462. The van der Waals surface area contributed by atoms with Crippen molar-refractivity contribution >= 4 is 21.6 Å². The van der Waals surface area contributed by atoms with Crippen molar-refractivity contribution in [3.63, 3.8) is 0 Å². The van der Waals surface area contributed by atoms with Crippen LogP contribution in [0, 0.1) is 6.92 Å². The minimum atomic E-state index is -3.61. The maximum Gasteiger partial charge on any atom is 0.240 e. The number of benzene rings is 1. The first-order chi connectivity index (χ1) is 9.29. The summed E-state index contributed by atoms with van der Waals surface area (Å²) in [6, 6.07) is 4.41. The molecule has 0 bridgehead atoms. The predicted molar refractivity (Wildman–Crippen MR) is 76.6 cm³/mol. The molecule has 1 atom stereocenters. The van der Waals surface area contributed by atoms with Crippen LogP contribution in [-0.2, 0) is 14.8 Å². The summed E-state index contributed by atoms with van der Waals surface area (Å²) in [5, 5.41) is 0. The van der Waals surface area contributed by atoms with E-state index in [9.17, 15) is 13.2 Å². The van der Waals surface area contributed by atoms with Crippen LogP contribution in [0.4, 0.5) is 5.69 Å². The molecular formula is C13H19N3O3S. The predicted octanol–water partition coefficient (Wildman–Crippen LogP) is 0.476. The van der Waals surface area contributed by atoms with Gasteiger partial charge in [0.05, 0.1) is 4.90 Å². The van der Waals surface area contributed by atoms with Gasteiger partial charge in [-0.05, 0) is 31.0 Å². The Morgan fingerprint density at radius 3 is 2.70 bits per heavy atom. The first-order valence-electron chi connectivity index (χ1n) is 6.42. The third-order valence-electron chi connectivity index (χ3n) is 3.51. The van der Waals surface area contributed by atoms with E-state index in [4.69, 9.17) is 5.73 Å². The van der Waals surface area contributed by atoms with E-state index in [1.807, 2.05) is 6.92 Å². The number of nitrogen functional groups attached to an aromatic ring is 1. The van der Waals surface area contributed by atoms with E-state index in [1.165, 1.54) is 12.1 Å². The molecule has 1 aliphatic heterocycles. The third-order valence-corrected chi connectivity index (χ3v) is 5.03. The van der Waals surface area contributed by atoms with Gasteiger partial charge in [0.15, 0.2) is 0 Å². The highest BCUT2D eigenvalue weighted by Gasteiger charge is 2.27. The van der Waals surface area contributed by atoms with Gasteiger partial charge < -0.3 is 10.6 Å². The number of aryl methyl sites for hydroxylation is 1. The molecule has 1 saturated heterocycles. The number of nitrogens with one attached hydrogen (secondary N) is 1. The molecule has 1 aliphatic rings. The number of carbonyl (C=O) groups is 1. The first-order valence-corrected chi connectivity index (χ1v) is 7.90. The third kappa shape index (κ3) is 3.10. The van der Waals surface area contributed by atoms with Crippen LogP contribution in [0.1, 0.15) is 18.4 Å². The molecule has 1 unspecified atom stereocenters. The van der Waals surface area contributed by atoms with Gasteiger partial charge in [0.25, 0.3) is 0 Å². The normalized spacial score (nSPS) is 20.2. The molecule has 110 valence electrons. The van der Waals surface area contributed by atoms with Gasteiger partial charge in [-0.3, -0.25) is 4.79 Å². The second-order valence-electron chi connectivity index (χ2n) is 5.15. The van der Waals surface area contributed by atoms with E-state index in [0.717, 1.165) is 5.56 Å². The molecule has 2 rings (SSSR count). The quantitative estimate of drug-likeness (QED) is 0.794. The number of carbonyl (C=O) groups excluding carboxylic acids is 1. The number of nitrogens with two attached hydrogens (primary N) is 1. The minimum Gasteiger partial charge on any atom is -0.398 e. The van der Waals surface area contributed by atoms with Crippen molar-refractivity contribution < 1.29 is 13.2 Å². The Kier molecular flexibility index (Phi) is 4.01. The van der Waals surface area contributed by atoms with Crippen LogP contribution in [0.2, 0.25) is 0 Å². The summed E-state index contributed by atoms with van der Waals surface area (Å²) in [4.78, 5) is 13.1. The molecule has 20 heavy (non-hydrogen) atoms. The monoisotopic (exact) mass is 297 g/mol. The zero-order valence-electron chi connectivity index (χ0n) is 11.6. The van der Waals surface area contributed by atoms with E-state index < -0.39 is 10.0 Å². The Morgan fingerprint density at radius 2 is 2.10 bits per heavy atom. The summed E-state index contributed by atoms with van der Waals surface area (Å²) in [6.07, 6.45) is 0.878. The second-order valence-corrected chi connectivity index (χ2v) is 6.86. The lowest BCUT2D eigenvalue weighted by Crippen LogP contribution is -2.48. The largest absolute Gasteiger partial charge is 0.398 e. The van der Waals surface area contributed by atoms with Crippen LogP contribution in [-0.4, -0.2) is 38.9 Å². The Labute approximate surface area is 119 Å². The molecule has 0 spiro atoms. The van der Waals surface area contributed by atoms with E-state index in [-0.39, 0.29) is 16.8 Å². The lowest BCUT2D eigenvalue weighted by Gasteiger charge is -2.29. The SMILES string of the molecule is Cc1ccc(S(=O)(=O)NC2CCC(=O)N(C)C2)cc1N. The van der Waals surface area contributed by atoms with Gasteiger partial charge in [-0.1, -0.05) is 6.07 Å². The second kappa shape index (κ2) is 5.41. The number of hydrogen-bond donors (Lipinski definition) is 2. The number of nitrogens with zero attached hydrogens (tertiary/aromatic N) is 1. The van der Waals surface area contributed by atoms with Crippen LogP contribution < -0.4 is 10.5 Å². The molecule has 0 radical (unpaired) electrons. The highest BCUT2D eigenvalue weighted by atomic mass is 32.2. The van der Waals surface area contributed by atoms with Gasteiger partial charge in [-0.15, -0.1) is 0 Å². The van der Waals surface area contributed by atoms with Crippen molar-refractivity contribution in [1.82, 2.24) is 9.62 Å². The van der Waals surface area contributed by atoms with Crippen molar-refractivity contribution in [3.05, 3.63) is 23.8 Å². The molecule has 3 N–H and O–H groups in total. The average Bonchev–Trinajstić information content (AvgIpc) is 2.37. The number of piperidine rings is 1. The van der Waals surface area contributed by atoms with Gasteiger partial charge in [0.2, 0.25) is 15.9 Å². The Hall–Kier alpha value is -1.60. The van der Waals surface area contributed by atoms with Gasteiger partial charge in [-0.2, -0.15) is 0 Å². The minimum absolute atomic E-state index is 0.0417. The van der Waals surface area contributed by atoms with E-state index in [2.05, 4.69) is 4.72 Å². The van der Waals surface area contributed by atoms with Crippen LogP contribution in [0.15, 0.2) is 23.1 Å². The smallest absolute Gasteiger partial charge is 0.240 e. The Morgan fingerprint density at radius 1 is 1.40 bits per heavy atom. The molecule has 1 amide bonds. The highest BCUT2D eigenvalue weighted by molar-refractivity contribution is 7.89. The molecule has 7 heteroatoms. The highest BCUT2D eigenvalue weighted by Crippen LogP contribution is 2.19. The molecule has 1 fully saturated rings. The van der Waals surface area contributed by atoms with Crippen molar-refractivity contribution in [2.45, 2.75) is 30.7 Å². The van der Waals surface area contributed by atoms with E-state index in [1.54, 1.807) is 18.0 Å². The first kappa shape index (κ1) is 14.8. The number of likely N-dealkylation sites (tertiary alicyclic amines) is 1. The molecule has 0 aliphatic carbocycles. The van der Waals surface area contributed by atoms with Crippen LogP contribution in [0.3, 0.4) is 0 Å². The average molecular weight is 297 g/mol. The van der Waals surface area contributed by atoms with Gasteiger partial charge in [-0.25, -0.2) is 13.1 Å². The number of anilines is 1. The molecule has 0 aromatic heterocycles. The molecular weight excluding hydrogens is 278 g/mol. The molecule has 6 nitrogen and oxygen atoms in total. The zero-order chi connectivity index (χ0) is 14.9. The molecule has 1 heterocycles. The number of rotatable bonds is 3. The zero-order valence-corrected chi connectivity index (χ0v) is 12.4. The summed E-state index contributed by atoms with van der Waals surface area (Å²) in [5.74, 6) is 0.0417. The standard InChI is InChI=1S/C13H19N3O3S/c1-9-3-5-11(7-12(9)14)20(18,19)15-10-4-6-13(17)16(2)8-10/h3,5,7,10,15H,4,6,8,14H2,1-2H3. The van der Waals surface area contributed by atoms with Crippen molar-refractivity contribution in [3.8, 4) is 0 Å².